The number of hydrogen-bond donors (Lipinski definition) is 1. The van der Waals surface area contributed by atoms with Crippen LogP contribution in [0.15, 0.2) is 54.6 Å². The fourth-order valence-corrected chi connectivity index (χ4v) is 3.44. The normalized spacial score (nSPS) is 18.9. The first-order valence-electron chi connectivity index (χ1n) is 8.85. The van der Waals surface area contributed by atoms with Crippen LogP contribution in [0.5, 0.6) is 0 Å². The van der Waals surface area contributed by atoms with E-state index in [0.717, 1.165) is 36.3 Å². The van der Waals surface area contributed by atoms with E-state index in [1.54, 1.807) is 0 Å². The van der Waals surface area contributed by atoms with Gasteiger partial charge in [0.1, 0.15) is 6.04 Å². The number of anilines is 1. The summed E-state index contributed by atoms with van der Waals surface area (Å²) in [6, 6.07) is 18.2. The molecule has 2 aromatic rings. The smallest absolute Gasteiger partial charge is 0.244 e. The molecule has 0 radical (unpaired) electrons. The molecule has 1 amide bonds. The van der Waals surface area contributed by atoms with Gasteiger partial charge in [0.15, 0.2) is 0 Å². The quantitative estimate of drug-likeness (QED) is 0.904. The first-order valence-corrected chi connectivity index (χ1v) is 8.85. The van der Waals surface area contributed by atoms with Crippen molar-refractivity contribution in [1.82, 2.24) is 4.90 Å². The lowest BCUT2D eigenvalue weighted by Crippen LogP contribution is -2.45. The zero-order valence-electron chi connectivity index (χ0n) is 14.5. The predicted octanol–water partition coefficient (Wildman–Crippen LogP) is 4.41. The molecule has 24 heavy (non-hydrogen) atoms. The summed E-state index contributed by atoms with van der Waals surface area (Å²) in [4.78, 5) is 14.8. The van der Waals surface area contributed by atoms with Gasteiger partial charge in [-0.3, -0.25) is 4.79 Å². The minimum atomic E-state index is -0.222. The Kier molecular flexibility index (Phi) is 5.19. The van der Waals surface area contributed by atoms with Crippen LogP contribution in [0, 0.1) is 5.92 Å². The van der Waals surface area contributed by atoms with E-state index in [4.69, 9.17) is 0 Å². The number of amides is 1. The number of likely N-dealkylation sites (tertiary alicyclic amines) is 1. The van der Waals surface area contributed by atoms with Gasteiger partial charge in [0.2, 0.25) is 5.91 Å². The average Bonchev–Trinajstić information content (AvgIpc) is 2.62. The molecule has 0 bridgehead atoms. The van der Waals surface area contributed by atoms with Crippen LogP contribution in [-0.2, 0) is 4.79 Å². The first kappa shape index (κ1) is 16.6. The summed E-state index contributed by atoms with van der Waals surface area (Å²) in [7, 11) is 0. The van der Waals surface area contributed by atoms with Crippen LogP contribution in [0.25, 0.3) is 11.1 Å². The van der Waals surface area contributed by atoms with Gasteiger partial charge in [0, 0.05) is 24.3 Å². The molecule has 0 saturated carbocycles. The fraction of sp³-hybridized carbons (Fsp3) is 0.381. The van der Waals surface area contributed by atoms with E-state index in [2.05, 4.69) is 30.4 Å². The van der Waals surface area contributed by atoms with Crippen LogP contribution < -0.4 is 5.32 Å². The number of piperidine rings is 1. The highest BCUT2D eigenvalue weighted by molar-refractivity contribution is 5.87. The Morgan fingerprint density at radius 2 is 1.83 bits per heavy atom. The number of benzene rings is 2. The number of carbonyl (C=O) groups is 1. The van der Waals surface area contributed by atoms with Crippen molar-refractivity contribution in [2.45, 2.75) is 32.7 Å². The molecular weight excluding hydrogens is 296 g/mol. The monoisotopic (exact) mass is 322 g/mol. The van der Waals surface area contributed by atoms with E-state index in [1.807, 2.05) is 48.2 Å². The summed E-state index contributed by atoms with van der Waals surface area (Å²) >= 11 is 0. The van der Waals surface area contributed by atoms with Crippen molar-refractivity contribution in [3.05, 3.63) is 54.6 Å². The van der Waals surface area contributed by atoms with Crippen LogP contribution >= 0.6 is 0 Å². The van der Waals surface area contributed by atoms with Gasteiger partial charge < -0.3 is 10.2 Å². The maximum Gasteiger partial charge on any atom is 0.244 e. The molecule has 1 saturated heterocycles. The lowest BCUT2D eigenvalue weighted by Gasteiger charge is -2.33. The second-order valence-corrected chi connectivity index (χ2v) is 6.81. The van der Waals surface area contributed by atoms with Crippen molar-refractivity contribution >= 4 is 11.6 Å². The Morgan fingerprint density at radius 1 is 1.12 bits per heavy atom. The predicted molar refractivity (Wildman–Crippen MR) is 99.9 cm³/mol. The van der Waals surface area contributed by atoms with Crippen molar-refractivity contribution in [2.75, 3.05) is 18.4 Å². The number of nitrogens with zero attached hydrogens (tertiary/aromatic N) is 1. The van der Waals surface area contributed by atoms with Gasteiger partial charge in [-0.1, -0.05) is 55.5 Å². The fourth-order valence-electron chi connectivity index (χ4n) is 3.44. The molecule has 0 unspecified atom stereocenters. The molecule has 1 heterocycles. The topological polar surface area (TPSA) is 32.3 Å². The summed E-state index contributed by atoms with van der Waals surface area (Å²) in [5, 5.41) is 3.43. The molecule has 3 heteroatoms. The molecule has 1 N–H and O–H groups in total. The molecule has 0 aromatic heterocycles. The van der Waals surface area contributed by atoms with Crippen molar-refractivity contribution in [2.24, 2.45) is 5.92 Å². The highest BCUT2D eigenvalue weighted by Crippen LogP contribution is 2.28. The highest BCUT2D eigenvalue weighted by atomic mass is 16.2. The summed E-state index contributed by atoms with van der Waals surface area (Å²) in [5.41, 5.74) is 3.30. The SMILES string of the molecule is C[C@H]1CCCN(C(=O)[C@H](C)Nc2ccccc2-c2ccccc2)C1. The second kappa shape index (κ2) is 7.52. The minimum Gasteiger partial charge on any atom is -0.373 e. The van der Waals surface area contributed by atoms with Gasteiger partial charge in [-0.2, -0.15) is 0 Å². The molecule has 0 aliphatic carbocycles. The van der Waals surface area contributed by atoms with Gasteiger partial charge in [-0.15, -0.1) is 0 Å². The van der Waals surface area contributed by atoms with E-state index in [1.165, 1.54) is 6.42 Å². The van der Waals surface area contributed by atoms with Crippen LogP contribution in [0.2, 0.25) is 0 Å². The third-order valence-electron chi connectivity index (χ3n) is 4.72. The number of carbonyl (C=O) groups excluding carboxylic acids is 1. The number of nitrogens with one attached hydrogen (secondary N) is 1. The molecule has 0 spiro atoms. The van der Waals surface area contributed by atoms with Crippen LogP contribution in [0.3, 0.4) is 0 Å². The van der Waals surface area contributed by atoms with Crippen LogP contribution in [0.1, 0.15) is 26.7 Å². The van der Waals surface area contributed by atoms with Gasteiger partial charge in [-0.05, 0) is 37.3 Å². The first-order chi connectivity index (χ1) is 11.6. The molecule has 1 aliphatic heterocycles. The Hall–Kier alpha value is -2.29. The van der Waals surface area contributed by atoms with Crippen LogP contribution in [-0.4, -0.2) is 29.9 Å². The van der Waals surface area contributed by atoms with E-state index in [9.17, 15) is 4.79 Å². The lowest BCUT2D eigenvalue weighted by atomic mass is 9.99. The highest BCUT2D eigenvalue weighted by Gasteiger charge is 2.25. The molecule has 1 aliphatic rings. The van der Waals surface area contributed by atoms with Crippen LogP contribution in [0.4, 0.5) is 5.69 Å². The Balaban J connectivity index is 1.75. The Bertz CT molecular complexity index is 683. The van der Waals surface area contributed by atoms with Gasteiger partial charge in [0.05, 0.1) is 0 Å². The zero-order valence-corrected chi connectivity index (χ0v) is 14.5. The standard InChI is InChI=1S/C21H26N2O/c1-16-9-8-14-23(15-16)21(24)17(2)22-20-13-7-6-12-19(20)18-10-4-3-5-11-18/h3-7,10-13,16-17,22H,8-9,14-15H2,1-2H3/t16-,17-/m0/s1. The Labute approximate surface area is 144 Å². The molecule has 2 atom stereocenters. The minimum absolute atomic E-state index is 0.199. The van der Waals surface area contributed by atoms with E-state index in [-0.39, 0.29) is 11.9 Å². The molecule has 126 valence electrons. The maximum absolute atomic E-state index is 12.8. The third kappa shape index (κ3) is 3.78. The van der Waals surface area contributed by atoms with Gasteiger partial charge in [0.25, 0.3) is 0 Å². The lowest BCUT2D eigenvalue weighted by molar-refractivity contribution is -0.133. The van der Waals surface area contributed by atoms with Crippen molar-refractivity contribution in [3.8, 4) is 11.1 Å². The summed E-state index contributed by atoms with van der Waals surface area (Å²) in [6.45, 7) is 5.95. The van der Waals surface area contributed by atoms with E-state index >= 15 is 0 Å². The van der Waals surface area contributed by atoms with Crippen molar-refractivity contribution < 1.29 is 4.79 Å². The average molecular weight is 322 g/mol. The van der Waals surface area contributed by atoms with Gasteiger partial charge in [-0.25, -0.2) is 0 Å². The van der Waals surface area contributed by atoms with E-state index < -0.39 is 0 Å². The number of rotatable bonds is 4. The van der Waals surface area contributed by atoms with Crippen molar-refractivity contribution in [1.29, 1.82) is 0 Å². The Morgan fingerprint density at radius 3 is 2.58 bits per heavy atom. The summed E-state index contributed by atoms with van der Waals surface area (Å²) < 4.78 is 0. The molecular formula is C21H26N2O. The molecule has 3 nitrogen and oxygen atoms in total. The van der Waals surface area contributed by atoms with E-state index in [0.29, 0.717) is 5.92 Å². The zero-order chi connectivity index (χ0) is 16.9. The largest absolute Gasteiger partial charge is 0.373 e. The van der Waals surface area contributed by atoms with Crippen molar-refractivity contribution in [3.63, 3.8) is 0 Å². The molecule has 1 fully saturated rings. The summed E-state index contributed by atoms with van der Waals surface area (Å²) in [6.07, 6.45) is 2.34. The third-order valence-corrected chi connectivity index (χ3v) is 4.72. The molecule has 3 rings (SSSR count). The second-order valence-electron chi connectivity index (χ2n) is 6.81. The van der Waals surface area contributed by atoms with Gasteiger partial charge >= 0.3 is 0 Å². The maximum atomic E-state index is 12.8. The number of para-hydroxylation sites is 1. The summed E-state index contributed by atoms with van der Waals surface area (Å²) in [5.74, 6) is 0.802. The number of hydrogen-bond acceptors (Lipinski definition) is 2. The molecule has 2 aromatic carbocycles.